The molecule has 350 valence electrons. The largest absolute Gasteiger partial charge is 0.756 e. The Morgan fingerprint density at radius 3 is 1.46 bits per heavy atom. The Kier molecular flexibility index (Phi) is 40.9. The summed E-state index contributed by atoms with van der Waals surface area (Å²) in [6.45, 7) is 4.48. The van der Waals surface area contributed by atoms with Gasteiger partial charge in [-0.1, -0.05) is 188 Å². The van der Waals surface area contributed by atoms with Crippen LogP contribution >= 0.6 is 7.82 Å². The van der Waals surface area contributed by atoms with Crippen molar-refractivity contribution in [3.63, 3.8) is 0 Å². The van der Waals surface area contributed by atoms with Gasteiger partial charge in [-0.25, -0.2) is 0 Å². The number of aliphatic hydroxyl groups is 1. The molecular weight excluding hydrogens is 780 g/mol. The van der Waals surface area contributed by atoms with Crippen molar-refractivity contribution in [1.29, 1.82) is 0 Å². The molecule has 3 unspecified atom stereocenters. The van der Waals surface area contributed by atoms with E-state index in [0.717, 1.165) is 83.5 Å². The number of nitrogens with zero attached hydrogens (tertiary/aromatic N) is 1. The molecule has 0 aliphatic carbocycles. The lowest BCUT2D eigenvalue weighted by atomic mass is 10.0. The van der Waals surface area contributed by atoms with E-state index in [1.54, 1.807) is 6.08 Å². The Bertz CT molecular complexity index is 1310. The number of allylic oxidation sites excluding steroid dienone is 15. The van der Waals surface area contributed by atoms with Gasteiger partial charge in [0.15, 0.2) is 0 Å². The summed E-state index contributed by atoms with van der Waals surface area (Å²) in [7, 11) is 1.22. The van der Waals surface area contributed by atoms with Crippen LogP contribution in [-0.4, -0.2) is 68.5 Å². The third kappa shape index (κ3) is 45.3. The minimum Gasteiger partial charge on any atom is -0.756 e. The molecule has 2 N–H and O–H groups in total. The molecule has 0 aromatic rings. The van der Waals surface area contributed by atoms with Crippen molar-refractivity contribution in [3.05, 3.63) is 97.2 Å². The van der Waals surface area contributed by atoms with Gasteiger partial charge in [0.05, 0.1) is 39.9 Å². The van der Waals surface area contributed by atoms with E-state index in [4.69, 9.17) is 9.05 Å². The van der Waals surface area contributed by atoms with Crippen LogP contribution in [-0.2, 0) is 18.4 Å². The number of carbonyl (C=O) groups excluding carboxylic acids is 1. The van der Waals surface area contributed by atoms with Crippen LogP contribution < -0.4 is 10.2 Å². The van der Waals surface area contributed by atoms with E-state index in [2.05, 4.69) is 104 Å². The fourth-order valence-corrected chi connectivity index (χ4v) is 6.97. The highest BCUT2D eigenvalue weighted by molar-refractivity contribution is 7.45. The van der Waals surface area contributed by atoms with Crippen molar-refractivity contribution in [3.8, 4) is 0 Å². The zero-order valence-corrected chi connectivity index (χ0v) is 40.5. The lowest BCUT2D eigenvalue weighted by molar-refractivity contribution is -0.870. The SMILES string of the molecule is CC/C=C\C/C=C\C/C=C\C/C=C\C/C=C\C/C=C\C/C=C\CCCCCC(=O)NC(COP(=O)([O-])OCC[N+](C)(C)C)C(O)/C=C/CCCCCCCCCCCCCC. The molecule has 0 spiro atoms. The number of amides is 1. The van der Waals surface area contributed by atoms with E-state index >= 15 is 0 Å². The van der Waals surface area contributed by atoms with Crippen LogP contribution in [0.1, 0.15) is 174 Å². The second-order valence-corrected chi connectivity index (χ2v) is 18.5. The molecule has 0 saturated carbocycles. The minimum absolute atomic E-state index is 0.0134. The standard InChI is InChI=1S/C52H91N2O6P/c1-6-8-10-12-14-16-18-20-22-23-24-25-26-27-28-29-30-31-32-34-36-38-40-42-44-46-52(56)53-50(49-60-61(57,58)59-48-47-54(3,4)5)51(55)45-43-41-39-37-35-33-21-19-17-15-13-11-9-7-2/h8,10,14,16,20,22,24-25,27-28,30-31,34,36,43,45,50-51,55H,6-7,9,11-13,15,17-19,21,23,26,29,32-33,35,37-42,44,46-49H2,1-5H3,(H-,53,56,57,58)/b10-8-,16-14-,22-20-,25-24-,28-27-,31-30-,36-34-,45-43+. The van der Waals surface area contributed by atoms with Gasteiger partial charge in [0.1, 0.15) is 13.2 Å². The summed E-state index contributed by atoms with van der Waals surface area (Å²) < 4.78 is 23.2. The fraction of sp³-hybridized carbons (Fsp3) is 0.673. The Morgan fingerprint density at radius 1 is 0.590 bits per heavy atom. The number of hydrogen-bond acceptors (Lipinski definition) is 6. The average molecular weight is 871 g/mol. The molecule has 0 bridgehead atoms. The molecule has 0 saturated heterocycles. The van der Waals surface area contributed by atoms with Crippen molar-refractivity contribution in [2.45, 2.75) is 187 Å². The Balaban J connectivity index is 4.44. The number of phosphoric ester groups is 1. The van der Waals surface area contributed by atoms with Crippen LogP contribution in [0.4, 0.5) is 0 Å². The van der Waals surface area contributed by atoms with Crippen LogP contribution in [0, 0.1) is 0 Å². The van der Waals surface area contributed by atoms with E-state index < -0.39 is 26.6 Å². The molecule has 0 aromatic carbocycles. The molecule has 8 nitrogen and oxygen atoms in total. The molecule has 9 heteroatoms. The normalized spacial score (nSPS) is 15.1. The van der Waals surface area contributed by atoms with Gasteiger partial charge in [-0.2, -0.15) is 0 Å². The quantitative estimate of drug-likeness (QED) is 0.0274. The number of unbranched alkanes of at least 4 members (excludes halogenated alkanes) is 15. The predicted octanol–water partition coefficient (Wildman–Crippen LogP) is 13.3. The van der Waals surface area contributed by atoms with E-state index in [9.17, 15) is 19.4 Å². The maximum Gasteiger partial charge on any atom is 0.268 e. The van der Waals surface area contributed by atoms with Crippen LogP contribution in [0.2, 0.25) is 0 Å². The summed E-state index contributed by atoms with van der Waals surface area (Å²) in [5, 5.41) is 13.8. The number of rotatable bonds is 42. The summed E-state index contributed by atoms with van der Waals surface area (Å²) in [5.41, 5.74) is 0. The monoisotopic (exact) mass is 871 g/mol. The first-order chi connectivity index (χ1) is 29.5. The third-order valence-corrected chi connectivity index (χ3v) is 11.0. The van der Waals surface area contributed by atoms with Crippen molar-refractivity contribution in [1.82, 2.24) is 5.32 Å². The van der Waals surface area contributed by atoms with Crippen molar-refractivity contribution >= 4 is 13.7 Å². The highest BCUT2D eigenvalue weighted by Gasteiger charge is 2.23. The highest BCUT2D eigenvalue weighted by Crippen LogP contribution is 2.38. The van der Waals surface area contributed by atoms with Gasteiger partial charge in [0, 0.05) is 6.42 Å². The minimum atomic E-state index is -4.61. The third-order valence-electron chi connectivity index (χ3n) is 10.0. The first kappa shape index (κ1) is 58.4. The molecule has 0 fully saturated rings. The van der Waals surface area contributed by atoms with E-state index in [1.165, 1.54) is 64.2 Å². The lowest BCUT2D eigenvalue weighted by Gasteiger charge is -2.29. The summed E-state index contributed by atoms with van der Waals surface area (Å²) >= 11 is 0. The van der Waals surface area contributed by atoms with Crippen molar-refractivity contribution in [2.24, 2.45) is 0 Å². The molecule has 61 heavy (non-hydrogen) atoms. The van der Waals surface area contributed by atoms with Gasteiger partial charge in [0.2, 0.25) is 5.91 Å². The smallest absolute Gasteiger partial charge is 0.268 e. The number of nitrogens with one attached hydrogen (secondary N) is 1. The molecule has 1 amide bonds. The van der Waals surface area contributed by atoms with E-state index in [1.807, 2.05) is 27.2 Å². The van der Waals surface area contributed by atoms with E-state index in [-0.39, 0.29) is 12.5 Å². The number of phosphoric acid groups is 1. The van der Waals surface area contributed by atoms with Gasteiger partial charge < -0.3 is 28.8 Å². The predicted molar refractivity (Wildman–Crippen MR) is 260 cm³/mol. The second-order valence-electron chi connectivity index (χ2n) is 17.1. The van der Waals surface area contributed by atoms with Gasteiger partial charge >= 0.3 is 0 Å². The molecule has 0 radical (unpaired) electrons. The molecule has 3 atom stereocenters. The molecule has 0 aliphatic rings. The number of carbonyl (C=O) groups is 1. The maximum absolute atomic E-state index is 12.9. The number of quaternary nitrogens is 1. The first-order valence-corrected chi connectivity index (χ1v) is 25.6. The molecule has 0 aromatic heterocycles. The van der Waals surface area contributed by atoms with Crippen LogP contribution in [0.3, 0.4) is 0 Å². The number of likely N-dealkylation sites (N-methyl/N-ethyl adjacent to an activating group) is 1. The molecule has 0 rings (SSSR count). The van der Waals surface area contributed by atoms with Gasteiger partial charge in [-0.3, -0.25) is 9.36 Å². The van der Waals surface area contributed by atoms with Crippen LogP contribution in [0.25, 0.3) is 0 Å². The van der Waals surface area contributed by atoms with Crippen LogP contribution in [0.5, 0.6) is 0 Å². The van der Waals surface area contributed by atoms with Crippen LogP contribution in [0.15, 0.2) is 97.2 Å². The Morgan fingerprint density at radius 2 is 1.00 bits per heavy atom. The van der Waals surface area contributed by atoms with Crippen molar-refractivity contribution < 1.29 is 32.9 Å². The topological polar surface area (TPSA) is 108 Å². The zero-order chi connectivity index (χ0) is 45.0. The maximum atomic E-state index is 12.9. The lowest BCUT2D eigenvalue weighted by Crippen LogP contribution is -2.45. The summed E-state index contributed by atoms with van der Waals surface area (Å²) in [6.07, 6.45) is 60.3. The Hall–Kier alpha value is -2.58. The van der Waals surface area contributed by atoms with Gasteiger partial charge in [-0.05, 0) is 77.0 Å². The summed E-state index contributed by atoms with van der Waals surface area (Å²) in [5.74, 6) is -0.234. The fourth-order valence-electron chi connectivity index (χ4n) is 6.25. The second kappa shape index (κ2) is 42.7. The average Bonchev–Trinajstić information content (AvgIpc) is 3.21. The first-order valence-electron chi connectivity index (χ1n) is 24.1. The van der Waals surface area contributed by atoms with Crippen molar-refractivity contribution in [2.75, 3.05) is 40.9 Å². The van der Waals surface area contributed by atoms with E-state index in [0.29, 0.717) is 23.9 Å². The number of hydrogen-bond donors (Lipinski definition) is 2. The molecule has 0 aliphatic heterocycles. The summed E-state index contributed by atoms with van der Waals surface area (Å²) in [4.78, 5) is 25.3. The molecule has 0 heterocycles. The highest BCUT2D eigenvalue weighted by atomic mass is 31.2. The number of aliphatic hydroxyl groups excluding tert-OH is 1. The van der Waals surface area contributed by atoms with Gasteiger partial charge in [-0.15, -0.1) is 0 Å². The summed E-state index contributed by atoms with van der Waals surface area (Å²) in [6, 6.07) is -0.910. The zero-order valence-electron chi connectivity index (χ0n) is 39.6. The molecular formula is C52H91N2O6P. The Labute approximate surface area is 375 Å². The van der Waals surface area contributed by atoms with Gasteiger partial charge in [0.25, 0.3) is 7.82 Å².